The Bertz CT molecular complexity index is 1510. The Labute approximate surface area is 196 Å². The van der Waals surface area contributed by atoms with Crippen LogP contribution in [0, 0.1) is 13.8 Å². The number of hydrogen-bond donors (Lipinski definition) is 1. The van der Waals surface area contributed by atoms with Gasteiger partial charge < -0.3 is 0 Å². The number of nitrogens with one attached hydrogen (secondary N) is 1. The number of pyridine rings is 2. The summed E-state index contributed by atoms with van der Waals surface area (Å²) in [6, 6.07) is 23.0. The van der Waals surface area contributed by atoms with Gasteiger partial charge in [-0.3, -0.25) is 9.78 Å². The molecule has 0 aliphatic rings. The highest BCUT2D eigenvalue weighted by Crippen LogP contribution is 2.24. The highest BCUT2D eigenvalue weighted by molar-refractivity contribution is 6.07. The molecule has 1 N–H and O–H groups in total. The summed E-state index contributed by atoms with van der Waals surface area (Å²) in [7, 11) is 0. The maximum Gasteiger partial charge on any atom is 0.272 e. The molecule has 0 bridgehead atoms. The number of hydrazone groups is 1. The van der Waals surface area contributed by atoms with Crippen LogP contribution in [0.4, 0.5) is 0 Å². The summed E-state index contributed by atoms with van der Waals surface area (Å²) in [5, 5.41) is 9.62. The molecule has 5 aromatic rings. The molecular weight excluding hydrogens is 424 g/mol. The Morgan fingerprint density at radius 1 is 1.00 bits per heavy atom. The normalized spacial score (nSPS) is 11.2. The van der Waals surface area contributed by atoms with Crippen LogP contribution < -0.4 is 5.43 Å². The van der Waals surface area contributed by atoms with E-state index in [-0.39, 0.29) is 5.91 Å². The van der Waals surface area contributed by atoms with Crippen LogP contribution in [-0.4, -0.2) is 31.9 Å². The summed E-state index contributed by atoms with van der Waals surface area (Å²) in [5.41, 5.74) is 9.01. The van der Waals surface area contributed by atoms with Crippen LogP contribution >= 0.6 is 0 Å². The van der Waals surface area contributed by atoms with Gasteiger partial charge in [0.1, 0.15) is 0 Å². The van der Waals surface area contributed by atoms with E-state index in [1.807, 2.05) is 85.3 Å². The van der Waals surface area contributed by atoms with E-state index in [0.29, 0.717) is 11.3 Å². The standard InChI is InChI=1S/C27H22N6O/c1-18-24(19(2)33(32-18)21-10-4-3-5-11-21)17-29-31-27(34)23-15-26(20-9-8-14-28-16-20)30-25-13-7-6-12-22(23)25/h3-17H,1-2H3,(H,31,34). The Morgan fingerprint density at radius 3 is 2.59 bits per heavy atom. The average Bonchev–Trinajstić information content (AvgIpc) is 3.17. The topological polar surface area (TPSA) is 85.1 Å². The second kappa shape index (κ2) is 9.07. The Kier molecular flexibility index (Phi) is 5.66. The van der Waals surface area contributed by atoms with Crippen LogP contribution in [0.5, 0.6) is 0 Å². The third kappa shape index (κ3) is 4.06. The number of carbonyl (C=O) groups is 1. The molecule has 0 aliphatic heterocycles. The van der Waals surface area contributed by atoms with Gasteiger partial charge in [0.05, 0.1) is 40.1 Å². The summed E-state index contributed by atoms with van der Waals surface area (Å²) in [6.07, 6.45) is 5.07. The molecule has 3 aromatic heterocycles. The molecule has 0 radical (unpaired) electrons. The molecule has 0 fully saturated rings. The minimum absolute atomic E-state index is 0.314. The molecule has 0 atom stereocenters. The van der Waals surface area contributed by atoms with E-state index in [0.717, 1.165) is 39.1 Å². The zero-order chi connectivity index (χ0) is 23.5. The Balaban J connectivity index is 1.44. The fraction of sp³-hybridized carbons (Fsp3) is 0.0741. The van der Waals surface area contributed by atoms with E-state index in [9.17, 15) is 4.79 Å². The van der Waals surface area contributed by atoms with Crippen molar-refractivity contribution in [3.8, 4) is 16.9 Å². The molecule has 0 aliphatic carbocycles. The monoisotopic (exact) mass is 446 g/mol. The lowest BCUT2D eigenvalue weighted by Gasteiger charge is -2.08. The number of hydrogen-bond acceptors (Lipinski definition) is 5. The number of amides is 1. The predicted octanol–water partition coefficient (Wildman–Crippen LogP) is 4.86. The summed E-state index contributed by atoms with van der Waals surface area (Å²) >= 11 is 0. The van der Waals surface area contributed by atoms with Gasteiger partial charge in [-0.25, -0.2) is 15.1 Å². The van der Waals surface area contributed by atoms with Crippen molar-refractivity contribution in [1.82, 2.24) is 25.2 Å². The first-order chi connectivity index (χ1) is 16.6. The molecule has 0 unspecified atom stereocenters. The second-order valence-electron chi connectivity index (χ2n) is 7.84. The first-order valence-corrected chi connectivity index (χ1v) is 10.9. The fourth-order valence-electron chi connectivity index (χ4n) is 3.90. The Morgan fingerprint density at radius 2 is 1.79 bits per heavy atom. The summed E-state index contributed by atoms with van der Waals surface area (Å²) in [4.78, 5) is 22.0. The van der Waals surface area contributed by atoms with Crippen molar-refractivity contribution >= 4 is 23.0 Å². The van der Waals surface area contributed by atoms with E-state index < -0.39 is 0 Å². The summed E-state index contributed by atoms with van der Waals surface area (Å²) in [6.45, 7) is 3.90. The Hall–Kier alpha value is -4.65. The molecule has 0 saturated heterocycles. The van der Waals surface area contributed by atoms with Gasteiger partial charge in [-0.1, -0.05) is 36.4 Å². The van der Waals surface area contributed by atoms with Crippen LogP contribution in [0.3, 0.4) is 0 Å². The first-order valence-electron chi connectivity index (χ1n) is 10.9. The number of aromatic nitrogens is 4. The number of para-hydroxylation sites is 2. The van der Waals surface area contributed by atoms with Gasteiger partial charge in [0.2, 0.25) is 0 Å². The molecular formula is C27H22N6O. The van der Waals surface area contributed by atoms with Crippen molar-refractivity contribution in [1.29, 1.82) is 0 Å². The first kappa shape index (κ1) is 21.2. The molecule has 5 rings (SSSR count). The highest BCUT2D eigenvalue weighted by atomic mass is 16.2. The van der Waals surface area contributed by atoms with Crippen molar-refractivity contribution in [2.45, 2.75) is 13.8 Å². The van der Waals surface area contributed by atoms with E-state index in [4.69, 9.17) is 4.98 Å². The highest BCUT2D eigenvalue weighted by Gasteiger charge is 2.15. The van der Waals surface area contributed by atoms with Crippen LogP contribution in [0.15, 0.2) is 90.3 Å². The van der Waals surface area contributed by atoms with Crippen molar-refractivity contribution < 1.29 is 4.79 Å². The number of rotatable bonds is 5. The summed E-state index contributed by atoms with van der Waals surface area (Å²) < 4.78 is 1.87. The SMILES string of the molecule is Cc1nn(-c2ccccc2)c(C)c1C=NNC(=O)c1cc(-c2cccnc2)nc2ccccc12. The van der Waals surface area contributed by atoms with Crippen molar-refractivity contribution in [3.63, 3.8) is 0 Å². The van der Waals surface area contributed by atoms with Gasteiger partial charge in [0.25, 0.3) is 5.91 Å². The van der Waals surface area contributed by atoms with Crippen molar-refractivity contribution in [3.05, 3.63) is 108 Å². The molecule has 7 heteroatoms. The molecule has 7 nitrogen and oxygen atoms in total. The van der Waals surface area contributed by atoms with Crippen LogP contribution in [0.1, 0.15) is 27.3 Å². The van der Waals surface area contributed by atoms with Gasteiger partial charge in [-0.2, -0.15) is 10.2 Å². The zero-order valence-corrected chi connectivity index (χ0v) is 18.8. The van der Waals surface area contributed by atoms with Crippen LogP contribution in [0.25, 0.3) is 27.8 Å². The lowest BCUT2D eigenvalue weighted by Crippen LogP contribution is -2.18. The number of carbonyl (C=O) groups excluding carboxylic acids is 1. The largest absolute Gasteiger partial charge is 0.272 e. The van der Waals surface area contributed by atoms with Gasteiger partial charge in [-0.15, -0.1) is 0 Å². The van der Waals surface area contributed by atoms with Gasteiger partial charge in [0.15, 0.2) is 0 Å². The molecule has 166 valence electrons. The number of fused-ring (bicyclic) bond motifs is 1. The van der Waals surface area contributed by atoms with Crippen molar-refractivity contribution in [2.24, 2.45) is 5.10 Å². The second-order valence-corrected chi connectivity index (χ2v) is 7.84. The third-order valence-corrected chi connectivity index (χ3v) is 5.63. The number of aryl methyl sites for hydroxylation is 1. The van der Waals surface area contributed by atoms with E-state index in [1.54, 1.807) is 24.7 Å². The third-order valence-electron chi connectivity index (χ3n) is 5.63. The van der Waals surface area contributed by atoms with Gasteiger partial charge in [-0.05, 0) is 50.2 Å². The van der Waals surface area contributed by atoms with Crippen LogP contribution in [0.2, 0.25) is 0 Å². The minimum Gasteiger partial charge on any atom is -0.267 e. The van der Waals surface area contributed by atoms with E-state index in [1.165, 1.54) is 0 Å². The minimum atomic E-state index is -0.314. The molecule has 2 aromatic carbocycles. The van der Waals surface area contributed by atoms with Crippen molar-refractivity contribution in [2.75, 3.05) is 0 Å². The van der Waals surface area contributed by atoms with Gasteiger partial charge >= 0.3 is 0 Å². The maximum absolute atomic E-state index is 13.1. The predicted molar refractivity (Wildman–Crippen MR) is 133 cm³/mol. The average molecular weight is 447 g/mol. The number of benzene rings is 2. The summed E-state index contributed by atoms with van der Waals surface area (Å²) in [5.74, 6) is -0.314. The molecule has 0 spiro atoms. The molecule has 34 heavy (non-hydrogen) atoms. The lowest BCUT2D eigenvalue weighted by molar-refractivity contribution is 0.0956. The number of nitrogens with zero attached hydrogens (tertiary/aromatic N) is 5. The maximum atomic E-state index is 13.1. The van der Waals surface area contributed by atoms with Gasteiger partial charge in [0, 0.05) is 28.9 Å². The van der Waals surface area contributed by atoms with E-state index in [2.05, 4.69) is 20.6 Å². The molecule has 3 heterocycles. The zero-order valence-electron chi connectivity index (χ0n) is 18.8. The lowest BCUT2D eigenvalue weighted by atomic mass is 10.0. The van der Waals surface area contributed by atoms with Crippen LogP contribution in [-0.2, 0) is 0 Å². The van der Waals surface area contributed by atoms with E-state index >= 15 is 0 Å². The molecule has 1 amide bonds. The molecule has 0 saturated carbocycles. The fourth-order valence-corrected chi connectivity index (χ4v) is 3.90. The smallest absolute Gasteiger partial charge is 0.267 e. The quantitative estimate of drug-likeness (QED) is 0.309.